The number of hydrogen-bond acceptors (Lipinski definition) is 3. The van der Waals surface area contributed by atoms with Crippen LogP contribution in [0.2, 0.25) is 0 Å². The molecule has 20 heavy (non-hydrogen) atoms. The minimum atomic E-state index is -0.612. The average Bonchev–Trinajstić information content (AvgIpc) is 2.79. The molecule has 0 aliphatic carbocycles. The van der Waals surface area contributed by atoms with Gasteiger partial charge < -0.3 is 10.6 Å². The van der Waals surface area contributed by atoms with Crippen LogP contribution in [-0.4, -0.2) is 23.3 Å². The molecule has 2 atom stereocenters. The molecule has 1 aromatic heterocycles. The fourth-order valence-corrected chi connectivity index (χ4v) is 2.52. The molecule has 1 aliphatic heterocycles. The quantitative estimate of drug-likeness (QED) is 0.812. The predicted octanol–water partition coefficient (Wildman–Crippen LogP) is 1.11. The third kappa shape index (κ3) is 3.15. The van der Waals surface area contributed by atoms with E-state index >= 15 is 0 Å². The molecule has 0 spiro atoms. The van der Waals surface area contributed by atoms with Crippen molar-refractivity contribution >= 4 is 11.8 Å². The molecule has 2 amide bonds. The van der Waals surface area contributed by atoms with Crippen LogP contribution >= 0.6 is 0 Å². The first-order valence-corrected chi connectivity index (χ1v) is 6.85. The molecule has 5 heteroatoms. The first-order chi connectivity index (χ1) is 9.39. The molecule has 5 nitrogen and oxygen atoms in total. The van der Waals surface area contributed by atoms with Crippen LogP contribution in [0.3, 0.4) is 0 Å². The van der Waals surface area contributed by atoms with Gasteiger partial charge in [-0.25, -0.2) is 0 Å². The molecule has 0 bridgehead atoms. The molecule has 0 saturated carbocycles. The Labute approximate surface area is 119 Å². The zero-order valence-electron chi connectivity index (χ0n) is 12.1. The van der Waals surface area contributed by atoms with Crippen molar-refractivity contribution in [1.29, 1.82) is 0 Å². The Morgan fingerprint density at radius 1 is 1.45 bits per heavy atom. The van der Waals surface area contributed by atoms with Crippen LogP contribution < -0.4 is 10.6 Å². The molecule has 1 aliphatic rings. The van der Waals surface area contributed by atoms with Crippen molar-refractivity contribution in [3.63, 3.8) is 0 Å². The summed E-state index contributed by atoms with van der Waals surface area (Å²) in [6.07, 6.45) is 1.68. The summed E-state index contributed by atoms with van der Waals surface area (Å²) in [6, 6.07) is 5.54. The fourth-order valence-electron chi connectivity index (χ4n) is 2.52. The van der Waals surface area contributed by atoms with E-state index in [1.165, 1.54) is 0 Å². The van der Waals surface area contributed by atoms with Gasteiger partial charge in [0.25, 0.3) is 0 Å². The van der Waals surface area contributed by atoms with Crippen molar-refractivity contribution in [2.75, 3.05) is 6.54 Å². The van der Waals surface area contributed by atoms with Gasteiger partial charge in [-0.3, -0.25) is 14.6 Å². The van der Waals surface area contributed by atoms with Crippen LogP contribution in [0, 0.1) is 17.3 Å². The lowest BCUT2D eigenvalue weighted by atomic mass is 9.74. The molecular formula is C15H21N3O2. The normalized spacial score (nSPS) is 22.4. The molecule has 1 aromatic rings. The molecule has 0 aromatic carbocycles. The number of carbonyl (C=O) groups is 2. The molecule has 2 rings (SSSR count). The number of amides is 2. The molecule has 108 valence electrons. The molecule has 1 saturated heterocycles. The third-order valence-corrected chi connectivity index (χ3v) is 3.75. The summed E-state index contributed by atoms with van der Waals surface area (Å²) in [5.41, 5.74) is 0.693. The van der Waals surface area contributed by atoms with Gasteiger partial charge >= 0.3 is 0 Å². The predicted molar refractivity (Wildman–Crippen MR) is 75.5 cm³/mol. The van der Waals surface area contributed by atoms with Gasteiger partial charge in [0.05, 0.1) is 12.2 Å². The van der Waals surface area contributed by atoms with E-state index in [1.54, 1.807) is 6.20 Å². The number of hydrogen-bond donors (Lipinski definition) is 2. The Hall–Kier alpha value is -1.91. The lowest BCUT2D eigenvalue weighted by Crippen LogP contribution is -2.40. The van der Waals surface area contributed by atoms with E-state index < -0.39 is 5.92 Å². The number of nitrogens with one attached hydrogen (secondary N) is 2. The van der Waals surface area contributed by atoms with Crippen molar-refractivity contribution in [2.24, 2.45) is 17.3 Å². The highest BCUT2D eigenvalue weighted by atomic mass is 16.2. The average molecular weight is 275 g/mol. The lowest BCUT2D eigenvalue weighted by Gasteiger charge is -2.29. The second kappa shape index (κ2) is 5.61. The molecule has 2 unspecified atom stereocenters. The van der Waals surface area contributed by atoms with Crippen molar-refractivity contribution in [3.8, 4) is 0 Å². The smallest absolute Gasteiger partial charge is 0.233 e. The van der Waals surface area contributed by atoms with Crippen LogP contribution in [0.15, 0.2) is 24.4 Å². The van der Waals surface area contributed by atoms with Crippen LogP contribution in [-0.2, 0) is 16.1 Å². The summed E-state index contributed by atoms with van der Waals surface area (Å²) in [7, 11) is 0. The van der Waals surface area contributed by atoms with Crippen molar-refractivity contribution < 1.29 is 9.59 Å². The summed E-state index contributed by atoms with van der Waals surface area (Å²) >= 11 is 0. The van der Waals surface area contributed by atoms with E-state index in [-0.39, 0.29) is 23.1 Å². The minimum Gasteiger partial charge on any atom is -0.355 e. The van der Waals surface area contributed by atoms with E-state index in [0.29, 0.717) is 13.1 Å². The van der Waals surface area contributed by atoms with Gasteiger partial charge in [-0.05, 0) is 17.5 Å². The topological polar surface area (TPSA) is 71.1 Å². The van der Waals surface area contributed by atoms with E-state index in [4.69, 9.17) is 0 Å². The molecular weight excluding hydrogens is 254 g/mol. The minimum absolute atomic E-state index is 0.0127. The van der Waals surface area contributed by atoms with Crippen LogP contribution in [0.25, 0.3) is 0 Å². The van der Waals surface area contributed by atoms with E-state index in [2.05, 4.69) is 36.4 Å². The maximum atomic E-state index is 12.3. The second-order valence-electron chi connectivity index (χ2n) is 6.23. The molecule has 2 N–H and O–H groups in total. The maximum Gasteiger partial charge on any atom is 0.233 e. The zero-order valence-corrected chi connectivity index (χ0v) is 12.1. The Morgan fingerprint density at radius 3 is 2.80 bits per heavy atom. The number of nitrogens with zero attached hydrogens (tertiary/aromatic N) is 1. The highest BCUT2D eigenvalue weighted by Gasteiger charge is 2.45. The van der Waals surface area contributed by atoms with Crippen molar-refractivity contribution in [3.05, 3.63) is 30.1 Å². The summed E-state index contributed by atoms with van der Waals surface area (Å²) in [4.78, 5) is 28.3. The van der Waals surface area contributed by atoms with Crippen LogP contribution in [0.1, 0.15) is 26.5 Å². The Kier molecular flexibility index (Phi) is 4.06. The number of rotatable bonds is 3. The Bertz CT molecular complexity index is 494. The Morgan fingerprint density at radius 2 is 2.20 bits per heavy atom. The third-order valence-electron chi connectivity index (χ3n) is 3.75. The molecule has 1 fully saturated rings. The van der Waals surface area contributed by atoms with Gasteiger partial charge in [-0.15, -0.1) is 0 Å². The van der Waals surface area contributed by atoms with Gasteiger partial charge in [0.2, 0.25) is 11.8 Å². The van der Waals surface area contributed by atoms with Crippen LogP contribution in [0.5, 0.6) is 0 Å². The highest BCUT2D eigenvalue weighted by molar-refractivity contribution is 6.02. The summed E-state index contributed by atoms with van der Waals surface area (Å²) in [5.74, 6) is -0.994. The first-order valence-electron chi connectivity index (χ1n) is 6.85. The summed E-state index contributed by atoms with van der Waals surface area (Å²) in [5, 5.41) is 5.60. The summed E-state index contributed by atoms with van der Waals surface area (Å²) < 4.78 is 0. The maximum absolute atomic E-state index is 12.3. The van der Waals surface area contributed by atoms with E-state index in [1.807, 2.05) is 18.2 Å². The largest absolute Gasteiger partial charge is 0.355 e. The second-order valence-corrected chi connectivity index (χ2v) is 6.23. The van der Waals surface area contributed by atoms with Crippen molar-refractivity contribution in [2.45, 2.75) is 27.3 Å². The lowest BCUT2D eigenvalue weighted by molar-refractivity contribution is -0.135. The molecule has 2 heterocycles. The zero-order chi connectivity index (χ0) is 14.8. The molecule has 0 radical (unpaired) electrons. The Balaban J connectivity index is 2.02. The monoisotopic (exact) mass is 275 g/mol. The number of carbonyl (C=O) groups excluding carboxylic acids is 2. The number of aromatic nitrogens is 1. The van der Waals surface area contributed by atoms with Gasteiger partial charge in [0, 0.05) is 18.7 Å². The summed E-state index contributed by atoms with van der Waals surface area (Å²) in [6.45, 7) is 7.06. The first kappa shape index (κ1) is 14.5. The fraction of sp³-hybridized carbons (Fsp3) is 0.533. The number of pyridine rings is 1. The van der Waals surface area contributed by atoms with Crippen LogP contribution in [0.4, 0.5) is 0 Å². The van der Waals surface area contributed by atoms with Gasteiger partial charge in [0.1, 0.15) is 5.92 Å². The van der Waals surface area contributed by atoms with Gasteiger partial charge in [-0.1, -0.05) is 26.8 Å². The highest BCUT2D eigenvalue weighted by Crippen LogP contribution is 2.35. The standard InChI is InChI=1S/C15H21N3O2/c1-15(2,3)11-9-18-14(20)12(11)13(19)17-8-10-6-4-5-7-16-10/h4-7,11-12H,8-9H2,1-3H3,(H,17,19)(H,18,20). The van der Waals surface area contributed by atoms with Gasteiger partial charge in [0.15, 0.2) is 0 Å². The van der Waals surface area contributed by atoms with E-state index in [9.17, 15) is 9.59 Å². The SMILES string of the molecule is CC(C)(C)C1CNC(=O)C1C(=O)NCc1ccccn1. The van der Waals surface area contributed by atoms with Crippen molar-refractivity contribution in [1.82, 2.24) is 15.6 Å². The van der Waals surface area contributed by atoms with Gasteiger partial charge in [-0.2, -0.15) is 0 Å². The van der Waals surface area contributed by atoms with E-state index in [0.717, 1.165) is 5.69 Å².